The molecule has 0 saturated carbocycles. The summed E-state index contributed by atoms with van der Waals surface area (Å²) in [5.41, 5.74) is -0.0646. The van der Waals surface area contributed by atoms with Gasteiger partial charge in [-0.15, -0.1) is 22.7 Å². The Morgan fingerprint density at radius 3 is 1.85 bits per heavy atom. The van der Waals surface area contributed by atoms with E-state index < -0.39 is 20.0 Å². The van der Waals surface area contributed by atoms with E-state index in [1.807, 2.05) is 0 Å². The molecule has 0 fully saturated rings. The molecule has 27 heavy (non-hydrogen) atoms. The van der Waals surface area contributed by atoms with Crippen molar-refractivity contribution in [2.75, 3.05) is 9.44 Å². The molecular weight excluding hydrogens is 471 g/mol. The lowest BCUT2D eigenvalue weighted by Gasteiger charge is -2.15. The number of halogens is 2. The predicted molar refractivity (Wildman–Crippen MR) is 111 cm³/mol. The SMILES string of the molecule is Cc1ccc(S(=O)(=O)Nc2cc(Cl)c(Cl)cc2NS(=O)(=O)c2cccs2)s1. The van der Waals surface area contributed by atoms with Crippen molar-refractivity contribution in [1.29, 1.82) is 0 Å². The van der Waals surface area contributed by atoms with Crippen LogP contribution in [0, 0.1) is 6.92 Å². The summed E-state index contributed by atoms with van der Waals surface area (Å²) >= 11 is 14.1. The number of hydrogen-bond acceptors (Lipinski definition) is 6. The van der Waals surface area contributed by atoms with E-state index in [0.717, 1.165) is 27.6 Å². The van der Waals surface area contributed by atoms with Gasteiger partial charge in [0.15, 0.2) is 0 Å². The molecule has 3 rings (SSSR count). The number of rotatable bonds is 6. The van der Waals surface area contributed by atoms with Gasteiger partial charge < -0.3 is 0 Å². The van der Waals surface area contributed by atoms with Crippen LogP contribution in [0.3, 0.4) is 0 Å². The lowest BCUT2D eigenvalue weighted by molar-refractivity contribution is 0.601. The second kappa shape index (κ2) is 7.61. The van der Waals surface area contributed by atoms with Gasteiger partial charge in [-0.1, -0.05) is 29.3 Å². The quantitative estimate of drug-likeness (QED) is 0.515. The van der Waals surface area contributed by atoms with Gasteiger partial charge in [-0.05, 0) is 42.6 Å². The maximum Gasteiger partial charge on any atom is 0.271 e. The third-order valence-electron chi connectivity index (χ3n) is 3.29. The van der Waals surface area contributed by atoms with Gasteiger partial charge in [-0.25, -0.2) is 16.8 Å². The molecule has 0 atom stereocenters. The largest absolute Gasteiger partial charge is 0.277 e. The standard InChI is InChI=1S/C15H12Cl2N2O4S4/c1-9-4-5-15(25-9)27(22,23)19-13-8-11(17)10(16)7-12(13)18-26(20,21)14-3-2-6-24-14/h2-8,18-19H,1H3. The fraction of sp³-hybridized carbons (Fsp3) is 0.0667. The highest BCUT2D eigenvalue weighted by molar-refractivity contribution is 7.95. The monoisotopic (exact) mass is 482 g/mol. The van der Waals surface area contributed by atoms with E-state index in [1.165, 1.54) is 24.3 Å². The highest BCUT2D eigenvalue weighted by atomic mass is 35.5. The summed E-state index contributed by atoms with van der Waals surface area (Å²) in [5, 5.41) is 1.78. The molecule has 0 aliphatic rings. The number of hydrogen-bond donors (Lipinski definition) is 2. The van der Waals surface area contributed by atoms with E-state index in [2.05, 4.69) is 9.44 Å². The molecule has 0 aliphatic carbocycles. The van der Waals surface area contributed by atoms with E-state index in [-0.39, 0.29) is 29.8 Å². The molecule has 0 saturated heterocycles. The number of benzene rings is 1. The molecule has 6 nitrogen and oxygen atoms in total. The molecule has 0 bridgehead atoms. The average Bonchev–Trinajstić information content (AvgIpc) is 3.23. The Morgan fingerprint density at radius 1 is 0.852 bits per heavy atom. The first-order valence-corrected chi connectivity index (χ1v) is 12.6. The molecule has 144 valence electrons. The van der Waals surface area contributed by atoms with Crippen LogP contribution in [0.1, 0.15) is 4.88 Å². The summed E-state index contributed by atoms with van der Waals surface area (Å²) in [4.78, 5) is 0.822. The molecule has 1 aromatic carbocycles. The molecule has 2 aromatic heterocycles. The van der Waals surface area contributed by atoms with E-state index in [9.17, 15) is 16.8 Å². The van der Waals surface area contributed by atoms with Gasteiger partial charge in [0.1, 0.15) is 8.42 Å². The Balaban J connectivity index is 2.02. The summed E-state index contributed by atoms with van der Waals surface area (Å²) in [6, 6.07) is 8.68. The number of sulfonamides is 2. The maximum absolute atomic E-state index is 12.6. The van der Waals surface area contributed by atoms with Crippen LogP contribution in [-0.2, 0) is 20.0 Å². The zero-order valence-corrected chi connectivity index (χ0v) is 18.3. The van der Waals surface area contributed by atoms with Crippen LogP contribution >= 0.6 is 45.9 Å². The molecule has 0 amide bonds. The van der Waals surface area contributed by atoms with Crippen molar-refractivity contribution in [2.24, 2.45) is 0 Å². The molecule has 0 radical (unpaired) electrons. The van der Waals surface area contributed by atoms with Gasteiger partial charge in [0.05, 0.1) is 21.4 Å². The molecule has 2 heterocycles. The normalized spacial score (nSPS) is 12.1. The lowest BCUT2D eigenvalue weighted by Crippen LogP contribution is -2.16. The van der Waals surface area contributed by atoms with Crippen molar-refractivity contribution in [3.05, 3.63) is 56.7 Å². The third kappa shape index (κ3) is 4.58. The summed E-state index contributed by atoms with van der Waals surface area (Å²) in [5.74, 6) is 0. The Morgan fingerprint density at radius 2 is 1.41 bits per heavy atom. The third-order valence-corrected chi connectivity index (χ3v) is 9.63. The maximum atomic E-state index is 12.6. The van der Waals surface area contributed by atoms with Gasteiger partial charge in [0.25, 0.3) is 20.0 Å². The lowest BCUT2D eigenvalue weighted by atomic mass is 10.3. The first kappa shape index (κ1) is 20.4. The molecule has 0 spiro atoms. The van der Waals surface area contributed by atoms with E-state index >= 15 is 0 Å². The van der Waals surface area contributed by atoms with Crippen LogP contribution in [0.25, 0.3) is 0 Å². The zero-order valence-electron chi connectivity index (χ0n) is 13.6. The van der Waals surface area contributed by atoms with Crippen LogP contribution in [0.2, 0.25) is 10.0 Å². The van der Waals surface area contributed by atoms with Crippen LogP contribution in [0.15, 0.2) is 50.2 Å². The predicted octanol–water partition coefficient (Wildman–Crippen LogP) is 5.03. The van der Waals surface area contributed by atoms with E-state index in [4.69, 9.17) is 23.2 Å². The topological polar surface area (TPSA) is 92.3 Å². The van der Waals surface area contributed by atoms with Crippen molar-refractivity contribution in [3.63, 3.8) is 0 Å². The molecule has 2 N–H and O–H groups in total. The van der Waals surface area contributed by atoms with Crippen molar-refractivity contribution >= 4 is 77.3 Å². The minimum absolute atomic E-state index is 0.0319. The highest BCUT2D eigenvalue weighted by Crippen LogP contribution is 2.36. The Kier molecular flexibility index (Phi) is 5.76. The van der Waals surface area contributed by atoms with Crippen LogP contribution in [-0.4, -0.2) is 16.8 Å². The van der Waals surface area contributed by atoms with Gasteiger partial charge >= 0.3 is 0 Å². The van der Waals surface area contributed by atoms with E-state index in [0.29, 0.717) is 0 Å². The molecular formula is C15H12Cl2N2O4S4. The van der Waals surface area contributed by atoms with Crippen molar-refractivity contribution in [3.8, 4) is 0 Å². The van der Waals surface area contributed by atoms with Crippen molar-refractivity contribution < 1.29 is 16.8 Å². The first-order valence-electron chi connectivity index (χ1n) is 7.23. The average molecular weight is 483 g/mol. The molecule has 0 unspecified atom stereocenters. The minimum atomic E-state index is -3.92. The Labute approximate surface area is 174 Å². The van der Waals surface area contributed by atoms with Gasteiger partial charge in [0.2, 0.25) is 0 Å². The number of nitrogens with one attached hydrogen (secondary N) is 2. The second-order valence-corrected chi connectivity index (χ2v) is 12.2. The fourth-order valence-corrected chi connectivity index (χ4v) is 6.82. The van der Waals surface area contributed by atoms with Crippen molar-refractivity contribution in [2.45, 2.75) is 15.3 Å². The molecule has 0 aliphatic heterocycles. The Hall–Kier alpha value is -1.30. The molecule has 3 aromatic rings. The molecule has 12 heteroatoms. The smallest absolute Gasteiger partial charge is 0.271 e. The second-order valence-electron chi connectivity index (χ2n) is 5.32. The highest BCUT2D eigenvalue weighted by Gasteiger charge is 2.22. The number of anilines is 2. The van der Waals surface area contributed by atoms with E-state index in [1.54, 1.807) is 24.4 Å². The minimum Gasteiger partial charge on any atom is -0.277 e. The Bertz CT molecular complexity index is 1190. The summed E-state index contributed by atoms with van der Waals surface area (Å²) in [6.07, 6.45) is 0. The zero-order chi connectivity index (χ0) is 19.8. The van der Waals surface area contributed by atoms with Gasteiger partial charge in [0, 0.05) is 4.88 Å². The van der Waals surface area contributed by atoms with Crippen LogP contribution in [0.4, 0.5) is 11.4 Å². The summed E-state index contributed by atoms with van der Waals surface area (Å²) < 4.78 is 55.1. The number of aryl methyl sites for hydroxylation is 1. The number of thiophene rings is 2. The summed E-state index contributed by atoms with van der Waals surface area (Å²) in [7, 11) is -7.82. The van der Waals surface area contributed by atoms with Crippen molar-refractivity contribution in [1.82, 2.24) is 0 Å². The summed E-state index contributed by atoms with van der Waals surface area (Å²) in [6.45, 7) is 1.78. The first-order chi connectivity index (χ1) is 12.6. The fourth-order valence-electron chi connectivity index (χ4n) is 2.08. The van der Waals surface area contributed by atoms with Crippen LogP contribution < -0.4 is 9.44 Å². The van der Waals surface area contributed by atoms with Gasteiger partial charge in [-0.3, -0.25) is 9.44 Å². The van der Waals surface area contributed by atoms with Gasteiger partial charge in [-0.2, -0.15) is 0 Å². The van der Waals surface area contributed by atoms with Crippen LogP contribution in [0.5, 0.6) is 0 Å².